The van der Waals surface area contributed by atoms with E-state index in [-0.39, 0.29) is 0 Å². The lowest BCUT2D eigenvalue weighted by Gasteiger charge is -2.17. The van der Waals surface area contributed by atoms with Crippen molar-refractivity contribution in [1.29, 1.82) is 0 Å². The normalized spacial score (nSPS) is 12.0. The SMILES string of the molecule is CCC(C)Nc1ncnc(Nc2cccc(C)c2C)c1N. The van der Waals surface area contributed by atoms with Gasteiger partial charge in [-0.25, -0.2) is 9.97 Å². The molecule has 1 unspecified atom stereocenters. The van der Waals surface area contributed by atoms with Crippen LogP contribution >= 0.6 is 0 Å². The number of hydrogen-bond donors (Lipinski definition) is 3. The van der Waals surface area contributed by atoms with Crippen LogP contribution in [0.25, 0.3) is 0 Å². The zero-order valence-corrected chi connectivity index (χ0v) is 13.1. The Morgan fingerprint density at radius 3 is 2.62 bits per heavy atom. The molecule has 0 aliphatic rings. The van der Waals surface area contributed by atoms with E-state index >= 15 is 0 Å². The highest BCUT2D eigenvalue weighted by Gasteiger charge is 2.11. The maximum Gasteiger partial charge on any atom is 0.159 e. The summed E-state index contributed by atoms with van der Waals surface area (Å²) in [7, 11) is 0. The number of aryl methyl sites for hydroxylation is 1. The standard InChI is InChI=1S/C16H23N5/c1-5-11(3)20-15-14(17)16(19-9-18-15)21-13-8-6-7-10(2)12(13)4/h6-9,11H,5,17H2,1-4H3,(H2,18,19,20,21). The number of benzene rings is 1. The molecule has 1 heterocycles. The van der Waals surface area contributed by atoms with Crippen molar-refractivity contribution in [3.05, 3.63) is 35.7 Å². The van der Waals surface area contributed by atoms with Gasteiger partial charge in [-0.2, -0.15) is 0 Å². The van der Waals surface area contributed by atoms with Crippen molar-refractivity contribution >= 4 is 23.0 Å². The lowest BCUT2D eigenvalue weighted by Crippen LogP contribution is -2.16. The molecular weight excluding hydrogens is 262 g/mol. The molecule has 5 nitrogen and oxygen atoms in total. The average Bonchev–Trinajstić information content (AvgIpc) is 2.47. The second kappa shape index (κ2) is 6.43. The van der Waals surface area contributed by atoms with Gasteiger partial charge in [0.1, 0.15) is 12.0 Å². The van der Waals surface area contributed by atoms with E-state index in [0.29, 0.717) is 23.4 Å². The molecule has 1 aromatic heterocycles. The van der Waals surface area contributed by atoms with Crippen molar-refractivity contribution in [2.75, 3.05) is 16.4 Å². The molecule has 0 radical (unpaired) electrons. The zero-order valence-electron chi connectivity index (χ0n) is 13.1. The summed E-state index contributed by atoms with van der Waals surface area (Å²) < 4.78 is 0. The fourth-order valence-electron chi connectivity index (χ4n) is 1.96. The van der Waals surface area contributed by atoms with Crippen molar-refractivity contribution < 1.29 is 0 Å². The first-order chi connectivity index (χ1) is 10.0. The Morgan fingerprint density at radius 2 is 1.90 bits per heavy atom. The third kappa shape index (κ3) is 3.42. The third-order valence-electron chi connectivity index (χ3n) is 3.74. The predicted octanol–water partition coefficient (Wildman–Crippen LogP) is 3.63. The van der Waals surface area contributed by atoms with Gasteiger partial charge in [-0.3, -0.25) is 0 Å². The summed E-state index contributed by atoms with van der Waals surface area (Å²) in [6.45, 7) is 8.37. The van der Waals surface area contributed by atoms with Crippen LogP contribution in [0, 0.1) is 13.8 Å². The van der Waals surface area contributed by atoms with Gasteiger partial charge in [0.25, 0.3) is 0 Å². The number of rotatable bonds is 5. The van der Waals surface area contributed by atoms with E-state index in [0.717, 1.165) is 12.1 Å². The highest BCUT2D eigenvalue weighted by Crippen LogP contribution is 2.28. The van der Waals surface area contributed by atoms with E-state index in [1.807, 2.05) is 12.1 Å². The van der Waals surface area contributed by atoms with Crippen LogP contribution in [0.4, 0.5) is 23.0 Å². The van der Waals surface area contributed by atoms with Crippen LogP contribution < -0.4 is 16.4 Å². The van der Waals surface area contributed by atoms with Crippen LogP contribution in [0.3, 0.4) is 0 Å². The number of nitrogens with one attached hydrogen (secondary N) is 2. The van der Waals surface area contributed by atoms with Gasteiger partial charge in [0.15, 0.2) is 11.6 Å². The summed E-state index contributed by atoms with van der Waals surface area (Å²) in [5.41, 5.74) is 10.1. The molecule has 0 amide bonds. The summed E-state index contributed by atoms with van der Waals surface area (Å²) >= 11 is 0. The maximum atomic E-state index is 6.17. The monoisotopic (exact) mass is 285 g/mol. The number of nitrogen functional groups attached to an aromatic ring is 1. The second-order valence-electron chi connectivity index (χ2n) is 5.31. The molecule has 0 bridgehead atoms. The zero-order chi connectivity index (χ0) is 15.4. The summed E-state index contributed by atoms with van der Waals surface area (Å²) in [5, 5.41) is 6.59. The van der Waals surface area contributed by atoms with E-state index in [1.54, 1.807) is 0 Å². The minimum atomic E-state index is 0.316. The van der Waals surface area contributed by atoms with Crippen molar-refractivity contribution in [2.45, 2.75) is 40.2 Å². The first kappa shape index (κ1) is 15.1. The van der Waals surface area contributed by atoms with Crippen LogP contribution in [0.2, 0.25) is 0 Å². The van der Waals surface area contributed by atoms with Gasteiger partial charge in [0.05, 0.1) is 0 Å². The Balaban J connectivity index is 2.28. The average molecular weight is 285 g/mol. The maximum absolute atomic E-state index is 6.17. The van der Waals surface area contributed by atoms with E-state index in [1.165, 1.54) is 17.5 Å². The van der Waals surface area contributed by atoms with E-state index in [9.17, 15) is 0 Å². The Labute approximate surface area is 126 Å². The minimum absolute atomic E-state index is 0.316. The van der Waals surface area contributed by atoms with Gasteiger partial charge in [0, 0.05) is 11.7 Å². The molecule has 21 heavy (non-hydrogen) atoms. The number of anilines is 4. The van der Waals surface area contributed by atoms with Crippen molar-refractivity contribution in [2.24, 2.45) is 0 Å². The van der Waals surface area contributed by atoms with E-state index < -0.39 is 0 Å². The fraction of sp³-hybridized carbons (Fsp3) is 0.375. The number of nitrogens with zero attached hydrogens (tertiary/aromatic N) is 2. The Hall–Kier alpha value is -2.30. The quantitative estimate of drug-likeness (QED) is 0.782. The first-order valence-electron chi connectivity index (χ1n) is 7.23. The van der Waals surface area contributed by atoms with Gasteiger partial charge < -0.3 is 16.4 Å². The molecule has 0 saturated heterocycles. The molecule has 2 rings (SSSR count). The molecule has 0 aliphatic carbocycles. The predicted molar refractivity (Wildman–Crippen MR) is 89.0 cm³/mol. The van der Waals surface area contributed by atoms with Gasteiger partial charge in [-0.1, -0.05) is 19.1 Å². The number of hydrogen-bond acceptors (Lipinski definition) is 5. The molecule has 1 aromatic carbocycles. The van der Waals surface area contributed by atoms with Crippen molar-refractivity contribution in [3.8, 4) is 0 Å². The van der Waals surface area contributed by atoms with E-state index in [2.05, 4.69) is 54.4 Å². The summed E-state index contributed by atoms with van der Waals surface area (Å²) in [6, 6.07) is 6.43. The van der Waals surface area contributed by atoms with Gasteiger partial charge >= 0.3 is 0 Å². The molecule has 1 atom stereocenters. The Kier molecular flexibility index (Phi) is 4.62. The molecule has 4 N–H and O–H groups in total. The largest absolute Gasteiger partial charge is 0.393 e. The summed E-state index contributed by atoms with van der Waals surface area (Å²) in [4.78, 5) is 8.47. The molecule has 0 fully saturated rings. The lowest BCUT2D eigenvalue weighted by atomic mass is 10.1. The fourth-order valence-corrected chi connectivity index (χ4v) is 1.96. The summed E-state index contributed by atoms with van der Waals surface area (Å²) in [5.74, 6) is 1.30. The Bertz CT molecular complexity index is 624. The topological polar surface area (TPSA) is 75.9 Å². The lowest BCUT2D eigenvalue weighted by molar-refractivity contribution is 0.759. The third-order valence-corrected chi connectivity index (χ3v) is 3.74. The Morgan fingerprint density at radius 1 is 1.19 bits per heavy atom. The molecule has 5 heteroatoms. The van der Waals surface area contributed by atoms with Crippen LogP contribution in [0.5, 0.6) is 0 Å². The second-order valence-corrected chi connectivity index (χ2v) is 5.31. The van der Waals surface area contributed by atoms with Gasteiger partial charge in [-0.15, -0.1) is 0 Å². The molecule has 0 saturated carbocycles. The molecule has 0 aliphatic heterocycles. The molecular formula is C16H23N5. The summed E-state index contributed by atoms with van der Waals surface area (Å²) in [6.07, 6.45) is 2.53. The number of nitrogens with two attached hydrogens (primary N) is 1. The van der Waals surface area contributed by atoms with Crippen LogP contribution in [0.1, 0.15) is 31.4 Å². The van der Waals surface area contributed by atoms with Crippen molar-refractivity contribution in [3.63, 3.8) is 0 Å². The van der Waals surface area contributed by atoms with Crippen LogP contribution in [-0.2, 0) is 0 Å². The van der Waals surface area contributed by atoms with E-state index in [4.69, 9.17) is 5.73 Å². The molecule has 0 spiro atoms. The number of aromatic nitrogens is 2. The minimum Gasteiger partial charge on any atom is -0.393 e. The highest BCUT2D eigenvalue weighted by molar-refractivity contribution is 5.78. The molecule has 2 aromatic rings. The van der Waals surface area contributed by atoms with Gasteiger partial charge in [-0.05, 0) is 44.4 Å². The van der Waals surface area contributed by atoms with Crippen LogP contribution in [0.15, 0.2) is 24.5 Å². The first-order valence-corrected chi connectivity index (χ1v) is 7.23. The molecule has 112 valence electrons. The van der Waals surface area contributed by atoms with Gasteiger partial charge in [0.2, 0.25) is 0 Å². The smallest absolute Gasteiger partial charge is 0.159 e. The highest BCUT2D eigenvalue weighted by atomic mass is 15.1. The van der Waals surface area contributed by atoms with Crippen molar-refractivity contribution in [1.82, 2.24) is 9.97 Å². The van der Waals surface area contributed by atoms with Crippen LogP contribution in [-0.4, -0.2) is 16.0 Å².